The monoisotopic (exact) mass is 348 g/mol. The summed E-state index contributed by atoms with van der Waals surface area (Å²) in [5.74, 6) is 6.39. The van der Waals surface area contributed by atoms with Crippen molar-refractivity contribution in [2.75, 3.05) is 0 Å². The highest BCUT2D eigenvalue weighted by atomic mass is 16.3. The maximum Gasteiger partial charge on any atom is 0.125 e. The lowest BCUT2D eigenvalue weighted by Gasteiger charge is -2.26. The Labute approximate surface area is 158 Å². The summed E-state index contributed by atoms with van der Waals surface area (Å²) in [5, 5.41) is 10.3. The van der Waals surface area contributed by atoms with Crippen LogP contribution in [0.1, 0.15) is 135 Å². The molecular formula is C24H44O. The molecule has 1 nitrogen and oxygen atoms in total. The van der Waals surface area contributed by atoms with Crippen LogP contribution in [0.15, 0.2) is 0 Å². The molecule has 0 aromatic rings. The predicted octanol–water partition coefficient (Wildman–Crippen LogP) is 7.56. The number of unbranched alkanes of at least 4 members (excludes halogenated alkanes) is 14. The van der Waals surface area contributed by atoms with E-state index in [0.717, 1.165) is 32.1 Å². The van der Waals surface area contributed by atoms with Crippen LogP contribution in [-0.4, -0.2) is 10.7 Å². The van der Waals surface area contributed by atoms with Gasteiger partial charge in [-0.05, 0) is 32.1 Å². The molecule has 0 amide bonds. The molecule has 1 aliphatic rings. The van der Waals surface area contributed by atoms with Crippen molar-refractivity contribution in [3.8, 4) is 11.8 Å². The topological polar surface area (TPSA) is 20.2 Å². The smallest absolute Gasteiger partial charge is 0.125 e. The Morgan fingerprint density at radius 3 is 1.56 bits per heavy atom. The average molecular weight is 349 g/mol. The Morgan fingerprint density at radius 1 is 0.640 bits per heavy atom. The van der Waals surface area contributed by atoms with Crippen LogP contribution in [0.5, 0.6) is 0 Å². The van der Waals surface area contributed by atoms with Gasteiger partial charge in [0.25, 0.3) is 0 Å². The molecule has 1 N–H and O–H groups in total. The van der Waals surface area contributed by atoms with Crippen LogP contribution in [0.2, 0.25) is 0 Å². The van der Waals surface area contributed by atoms with Crippen LogP contribution in [0.25, 0.3) is 0 Å². The van der Waals surface area contributed by atoms with Crippen molar-refractivity contribution in [1.82, 2.24) is 0 Å². The first-order chi connectivity index (χ1) is 12.3. The number of hydrogen-bond acceptors (Lipinski definition) is 1. The second kappa shape index (κ2) is 15.7. The van der Waals surface area contributed by atoms with Crippen molar-refractivity contribution in [3.05, 3.63) is 0 Å². The van der Waals surface area contributed by atoms with Gasteiger partial charge in [-0.25, -0.2) is 0 Å². The highest BCUT2D eigenvalue weighted by Crippen LogP contribution is 2.27. The van der Waals surface area contributed by atoms with Gasteiger partial charge in [-0.1, -0.05) is 103 Å². The molecular weight excluding hydrogens is 304 g/mol. The molecule has 0 heterocycles. The van der Waals surface area contributed by atoms with Crippen LogP contribution in [-0.2, 0) is 0 Å². The Kier molecular flexibility index (Phi) is 14.2. The van der Waals surface area contributed by atoms with E-state index < -0.39 is 5.60 Å². The van der Waals surface area contributed by atoms with E-state index >= 15 is 0 Å². The summed E-state index contributed by atoms with van der Waals surface area (Å²) in [7, 11) is 0. The molecule has 0 unspecified atom stereocenters. The van der Waals surface area contributed by atoms with E-state index in [2.05, 4.69) is 18.8 Å². The lowest BCUT2D eigenvalue weighted by Crippen LogP contribution is -2.29. The van der Waals surface area contributed by atoms with E-state index in [1.807, 2.05) is 0 Å². The van der Waals surface area contributed by atoms with E-state index in [1.54, 1.807) is 0 Å². The van der Waals surface area contributed by atoms with E-state index in [0.29, 0.717) is 0 Å². The number of rotatable bonds is 14. The van der Waals surface area contributed by atoms with E-state index in [9.17, 15) is 5.11 Å². The minimum atomic E-state index is -0.645. The van der Waals surface area contributed by atoms with Gasteiger partial charge in [-0.3, -0.25) is 0 Å². The van der Waals surface area contributed by atoms with Gasteiger partial charge < -0.3 is 5.11 Å². The van der Waals surface area contributed by atoms with E-state index in [1.165, 1.54) is 96.3 Å². The quantitative estimate of drug-likeness (QED) is 0.254. The van der Waals surface area contributed by atoms with E-state index in [-0.39, 0.29) is 0 Å². The molecule has 1 aliphatic carbocycles. The minimum absolute atomic E-state index is 0.645. The van der Waals surface area contributed by atoms with Crippen LogP contribution >= 0.6 is 0 Å². The summed E-state index contributed by atoms with van der Waals surface area (Å²) >= 11 is 0. The van der Waals surface area contributed by atoms with Crippen molar-refractivity contribution >= 4 is 0 Å². The number of aliphatic hydroxyl groups is 1. The van der Waals surface area contributed by atoms with Gasteiger partial charge in [-0.2, -0.15) is 0 Å². The van der Waals surface area contributed by atoms with Crippen molar-refractivity contribution < 1.29 is 5.11 Å². The van der Waals surface area contributed by atoms with Crippen LogP contribution in [0, 0.1) is 11.8 Å². The summed E-state index contributed by atoms with van der Waals surface area (Å²) in [6, 6.07) is 0. The molecule has 0 aliphatic heterocycles. The van der Waals surface area contributed by atoms with Crippen LogP contribution < -0.4 is 0 Å². The lowest BCUT2D eigenvalue weighted by atomic mass is 9.85. The molecule has 0 atom stereocenters. The van der Waals surface area contributed by atoms with Crippen molar-refractivity contribution in [2.45, 2.75) is 141 Å². The summed E-state index contributed by atoms with van der Waals surface area (Å²) in [6.45, 7) is 2.29. The maximum atomic E-state index is 10.3. The molecule has 0 radical (unpaired) electrons. The van der Waals surface area contributed by atoms with Gasteiger partial charge in [0.2, 0.25) is 0 Å². The molecule has 0 aromatic heterocycles. The Bertz CT molecular complexity index is 343. The normalized spacial score (nSPS) is 16.4. The Balaban J connectivity index is 1.79. The first-order valence-electron chi connectivity index (χ1n) is 11.5. The standard InChI is InChI=1S/C24H44O/c1-2-3-4-5-6-7-8-9-10-11-12-13-14-15-16-18-21-24(25)22-19-17-20-23-24/h25H,2-17,19-20,22-23H2,1H3. The minimum Gasteiger partial charge on any atom is -0.378 e. The lowest BCUT2D eigenvalue weighted by molar-refractivity contribution is 0.0609. The second-order valence-electron chi connectivity index (χ2n) is 8.24. The third-order valence-corrected chi connectivity index (χ3v) is 5.66. The fourth-order valence-electron chi connectivity index (χ4n) is 3.90. The van der Waals surface area contributed by atoms with Crippen molar-refractivity contribution in [3.63, 3.8) is 0 Å². The predicted molar refractivity (Wildman–Crippen MR) is 111 cm³/mol. The summed E-state index contributed by atoms with van der Waals surface area (Å²) in [6.07, 6.45) is 25.9. The summed E-state index contributed by atoms with van der Waals surface area (Å²) in [4.78, 5) is 0. The number of hydrogen-bond donors (Lipinski definition) is 1. The Hall–Kier alpha value is -0.480. The highest BCUT2D eigenvalue weighted by Gasteiger charge is 2.26. The summed E-state index contributed by atoms with van der Waals surface area (Å²) in [5.41, 5.74) is -0.645. The molecule has 0 bridgehead atoms. The molecule has 1 rings (SSSR count). The molecule has 0 saturated heterocycles. The second-order valence-corrected chi connectivity index (χ2v) is 8.24. The zero-order chi connectivity index (χ0) is 18.1. The molecule has 1 heteroatoms. The molecule has 1 fully saturated rings. The molecule has 25 heavy (non-hydrogen) atoms. The third-order valence-electron chi connectivity index (χ3n) is 5.66. The molecule has 1 saturated carbocycles. The van der Waals surface area contributed by atoms with Gasteiger partial charge >= 0.3 is 0 Å². The van der Waals surface area contributed by atoms with Gasteiger partial charge in [0.15, 0.2) is 0 Å². The van der Waals surface area contributed by atoms with Gasteiger partial charge in [-0.15, -0.1) is 5.92 Å². The fourth-order valence-corrected chi connectivity index (χ4v) is 3.90. The van der Waals surface area contributed by atoms with Crippen LogP contribution in [0.3, 0.4) is 0 Å². The third kappa shape index (κ3) is 13.4. The van der Waals surface area contributed by atoms with Gasteiger partial charge in [0, 0.05) is 6.42 Å². The molecule has 146 valence electrons. The average Bonchev–Trinajstić information content (AvgIpc) is 2.62. The van der Waals surface area contributed by atoms with Crippen molar-refractivity contribution in [1.29, 1.82) is 0 Å². The Morgan fingerprint density at radius 2 is 1.08 bits per heavy atom. The molecule has 0 aromatic carbocycles. The van der Waals surface area contributed by atoms with Crippen LogP contribution in [0.4, 0.5) is 0 Å². The largest absolute Gasteiger partial charge is 0.378 e. The van der Waals surface area contributed by atoms with Gasteiger partial charge in [0.05, 0.1) is 0 Å². The zero-order valence-electron chi connectivity index (χ0n) is 17.1. The first-order valence-corrected chi connectivity index (χ1v) is 11.5. The fraction of sp³-hybridized carbons (Fsp3) is 0.917. The maximum absolute atomic E-state index is 10.3. The first kappa shape index (κ1) is 22.6. The van der Waals surface area contributed by atoms with Crippen molar-refractivity contribution in [2.24, 2.45) is 0 Å². The highest BCUT2D eigenvalue weighted by molar-refractivity contribution is 5.14. The summed E-state index contributed by atoms with van der Waals surface area (Å²) < 4.78 is 0. The SMILES string of the molecule is CCCCCCCCCCCCCCCCC#CC1(O)CCCCC1. The molecule has 0 spiro atoms. The zero-order valence-corrected chi connectivity index (χ0v) is 17.1. The van der Waals surface area contributed by atoms with E-state index in [4.69, 9.17) is 0 Å². The van der Waals surface area contributed by atoms with Gasteiger partial charge in [0.1, 0.15) is 5.60 Å².